The molecule has 0 bridgehead atoms. The molecule has 2 rings (SSSR count). The summed E-state index contributed by atoms with van der Waals surface area (Å²) in [7, 11) is 0. The number of hydrogen-bond donors (Lipinski definition) is 0. The van der Waals surface area contributed by atoms with Crippen LogP contribution < -0.4 is 0 Å². The molecule has 0 radical (unpaired) electrons. The summed E-state index contributed by atoms with van der Waals surface area (Å²) in [6.07, 6.45) is 1.43. The van der Waals surface area contributed by atoms with Gasteiger partial charge in [0.15, 0.2) is 0 Å². The molecule has 0 aliphatic carbocycles. The van der Waals surface area contributed by atoms with Gasteiger partial charge in [-0.15, -0.1) is 0 Å². The highest BCUT2D eigenvalue weighted by atomic mass is 16.6. The van der Waals surface area contributed by atoms with Crippen molar-refractivity contribution in [3.8, 4) is 0 Å². The molecule has 2 heterocycles. The van der Waals surface area contributed by atoms with Crippen molar-refractivity contribution < 1.29 is 9.47 Å². The molecule has 12 heavy (non-hydrogen) atoms. The standard InChI is InChI=1S/C10H18O2/c1-7(2)8-6-12-10(3)4-5-11-9(8)10/h7-9H,4-6H2,1-3H3/t8?,9-,10-/m1/s1. The van der Waals surface area contributed by atoms with Gasteiger partial charge < -0.3 is 9.47 Å². The quantitative estimate of drug-likeness (QED) is 0.598. The molecule has 3 atom stereocenters. The van der Waals surface area contributed by atoms with Gasteiger partial charge >= 0.3 is 0 Å². The van der Waals surface area contributed by atoms with Crippen LogP contribution >= 0.6 is 0 Å². The van der Waals surface area contributed by atoms with E-state index in [0.717, 1.165) is 19.6 Å². The van der Waals surface area contributed by atoms with Crippen LogP contribution in [0.15, 0.2) is 0 Å². The van der Waals surface area contributed by atoms with Crippen molar-refractivity contribution in [2.24, 2.45) is 11.8 Å². The van der Waals surface area contributed by atoms with Gasteiger partial charge in [-0.05, 0) is 12.8 Å². The zero-order valence-corrected chi connectivity index (χ0v) is 8.17. The van der Waals surface area contributed by atoms with Crippen LogP contribution in [0.1, 0.15) is 27.2 Å². The van der Waals surface area contributed by atoms with Gasteiger partial charge in [0, 0.05) is 18.9 Å². The minimum Gasteiger partial charge on any atom is -0.375 e. The molecule has 1 unspecified atom stereocenters. The van der Waals surface area contributed by atoms with E-state index in [1.165, 1.54) is 0 Å². The van der Waals surface area contributed by atoms with Gasteiger partial charge in [0.05, 0.1) is 18.3 Å². The molecule has 0 spiro atoms. The number of rotatable bonds is 1. The lowest BCUT2D eigenvalue weighted by atomic mass is 9.85. The molecule has 0 aromatic heterocycles. The van der Waals surface area contributed by atoms with Crippen LogP contribution in [0.5, 0.6) is 0 Å². The molecule has 70 valence electrons. The summed E-state index contributed by atoms with van der Waals surface area (Å²) in [5.41, 5.74) is 0.0366. The summed E-state index contributed by atoms with van der Waals surface area (Å²) < 4.78 is 11.5. The van der Waals surface area contributed by atoms with Crippen molar-refractivity contribution in [2.45, 2.75) is 38.9 Å². The molecule has 2 aliphatic rings. The Kier molecular flexibility index (Phi) is 1.92. The molecule has 0 amide bonds. The van der Waals surface area contributed by atoms with Crippen molar-refractivity contribution in [1.82, 2.24) is 0 Å². The van der Waals surface area contributed by atoms with E-state index < -0.39 is 0 Å². The maximum absolute atomic E-state index is 5.81. The van der Waals surface area contributed by atoms with Crippen molar-refractivity contribution in [2.75, 3.05) is 13.2 Å². The van der Waals surface area contributed by atoms with E-state index in [-0.39, 0.29) is 5.60 Å². The largest absolute Gasteiger partial charge is 0.375 e. The van der Waals surface area contributed by atoms with Crippen LogP contribution in [0.3, 0.4) is 0 Å². The molecular weight excluding hydrogens is 152 g/mol. The second-order valence-electron chi connectivity index (χ2n) is 4.57. The Morgan fingerprint density at radius 2 is 2.17 bits per heavy atom. The van der Waals surface area contributed by atoms with Crippen molar-refractivity contribution in [1.29, 1.82) is 0 Å². The van der Waals surface area contributed by atoms with Gasteiger partial charge in [-0.3, -0.25) is 0 Å². The first-order chi connectivity index (χ1) is 5.63. The van der Waals surface area contributed by atoms with E-state index in [1.54, 1.807) is 0 Å². The van der Waals surface area contributed by atoms with E-state index >= 15 is 0 Å². The average Bonchev–Trinajstić information content (AvgIpc) is 2.43. The zero-order chi connectivity index (χ0) is 8.77. The van der Waals surface area contributed by atoms with E-state index in [0.29, 0.717) is 17.9 Å². The lowest BCUT2D eigenvalue weighted by molar-refractivity contribution is -0.00875. The van der Waals surface area contributed by atoms with Crippen molar-refractivity contribution in [3.05, 3.63) is 0 Å². The molecule has 0 aromatic carbocycles. The second-order valence-corrected chi connectivity index (χ2v) is 4.57. The normalized spacial score (nSPS) is 47.0. The predicted molar refractivity (Wildman–Crippen MR) is 47.0 cm³/mol. The fraction of sp³-hybridized carbons (Fsp3) is 1.00. The van der Waals surface area contributed by atoms with Gasteiger partial charge in [0.25, 0.3) is 0 Å². The third-order valence-corrected chi connectivity index (χ3v) is 3.35. The van der Waals surface area contributed by atoms with Gasteiger partial charge in [-0.1, -0.05) is 13.8 Å². The minimum absolute atomic E-state index is 0.0366. The van der Waals surface area contributed by atoms with Gasteiger partial charge in [0.1, 0.15) is 0 Å². The number of hydrogen-bond acceptors (Lipinski definition) is 2. The van der Waals surface area contributed by atoms with E-state index in [1.807, 2.05) is 0 Å². The van der Waals surface area contributed by atoms with Gasteiger partial charge in [-0.2, -0.15) is 0 Å². The SMILES string of the molecule is CC(C)C1CO[C@]2(C)CCO[C@H]12. The first-order valence-electron chi connectivity index (χ1n) is 4.89. The summed E-state index contributed by atoms with van der Waals surface area (Å²) >= 11 is 0. The summed E-state index contributed by atoms with van der Waals surface area (Å²) in [6.45, 7) is 8.46. The molecule has 2 nitrogen and oxygen atoms in total. The maximum atomic E-state index is 5.81. The maximum Gasteiger partial charge on any atom is 0.0940 e. The number of fused-ring (bicyclic) bond motifs is 1. The monoisotopic (exact) mass is 170 g/mol. The van der Waals surface area contributed by atoms with E-state index in [2.05, 4.69) is 20.8 Å². The number of ether oxygens (including phenoxy) is 2. The molecule has 2 aliphatic heterocycles. The highest BCUT2D eigenvalue weighted by Crippen LogP contribution is 2.42. The molecule has 2 fully saturated rings. The summed E-state index contributed by atoms with van der Waals surface area (Å²) in [5, 5.41) is 0. The first kappa shape index (κ1) is 8.52. The molecule has 0 N–H and O–H groups in total. The van der Waals surface area contributed by atoms with Crippen molar-refractivity contribution in [3.63, 3.8) is 0 Å². The lowest BCUT2D eigenvalue weighted by Gasteiger charge is -2.24. The first-order valence-corrected chi connectivity index (χ1v) is 4.89. The predicted octanol–water partition coefficient (Wildman–Crippen LogP) is 1.84. The van der Waals surface area contributed by atoms with Gasteiger partial charge in [0.2, 0.25) is 0 Å². The van der Waals surface area contributed by atoms with Crippen LogP contribution in [0, 0.1) is 11.8 Å². The third kappa shape index (κ3) is 1.09. The smallest absolute Gasteiger partial charge is 0.0940 e. The van der Waals surface area contributed by atoms with Crippen molar-refractivity contribution >= 4 is 0 Å². The summed E-state index contributed by atoms with van der Waals surface area (Å²) in [5.74, 6) is 1.28. The highest BCUT2D eigenvalue weighted by Gasteiger charge is 2.51. The molecule has 2 saturated heterocycles. The Labute approximate surface area is 74.2 Å². The highest BCUT2D eigenvalue weighted by molar-refractivity contribution is 4.99. The molecule has 2 heteroatoms. The minimum atomic E-state index is 0.0366. The van der Waals surface area contributed by atoms with E-state index in [4.69, 9.17) is 9.47 Å². The Hall–Kier alpha value is -0.0800. The van der Waals surface area contributed by atoms with Crippen LogP contribution in [0.4, 0.5) is 0 Å². The molecule has 0 aromatic rings. The zero-order valence-electron chi connectivity index (χ0n) is 8.17. The summed E-state index contributed by atoms with van der Waals surface area (Å²) in [6, 6.07) is 0. The fourth-order valence-corrected chi connectivity index (χ4v) is 2.35. The Bertz CT molecular complexity index is 179. The topological polar surface area (TPSA) is 18.5 Å². The van der Waals surface area contributed by atoms with Crippen LogP contribution in [0.2, 0.25) is 0 Å². The molecular formula is C10H18O2. The third-order valence-electron chi connectivity index (χ3n) is 3.35. The van der Waals surface area contributed by atoms with Crippen LogP contribution in [-0.4, -0.2) is 24.9 Å². The fourth-order valence-electron chi connectivity index (χ4n) is 2.35. The lowest BCUT2D eigenvalue weighted by Crippen LogP contribution is -2.35. The van der Waals surface area contributed by atoms with Crippen LogP contribution in [-0.2, 0) is 9.47 Å². The molecule has 0 saturated carbocycles. The Balaban J connectivity index is 2.13. The van der Waals surface area contributed by atoms with Crippen LogP contribution in [0.25, 0.3) is 0 Å². The Morgan fingerprint density at radius 1 is 1.42 bits per heavy atom. The van der Waals surface area contributed by atoms with Gasteiger partial charge in [-0.25, -0.2) is 0 Å². The van der Waals surface area contributed by atoms with E-state index in [9.17, 15) is 0 Å². The average molecular weight is 170 g/mol. The summed E-state index contributed by atoms with van der Waals surface area (Å²) in [4.78, 5) is 0. The Morgan fingerprint density at radius 3 is 2.83 bits per heavy atom. The second kappa shape index (κ2) is 2.71.